The van der Waals surface area contributed by atoms with Gasteiger partial charge < -0.3 is 4.74 Å². The van der Waals surface area contributed by atoms with E-state index in [1.807, 2.05) is 0 Å². The van der Waals surface area contributed by atoms with Gasteiger partial charge in [-0.1, -0.05) is 29.3 Å². The zero-order chi connectivity index (χ0) is 14.8. The van der Waals surface area contributed by atoms with E-state index in [1.165, 1.54) is 17.4 Å². The SMILES string of the molecule is Cc1cc(C)cc(COc2ccc(S(C)(=O)=O)cc2)c1. The molecule has 0 saturated heterocycles. The smallest absolute Gasteiger partial charge is 0.175 e. The van der Waals surface area contributed by atoms with Crippen LogP contribution in [0.5, 0.6) is 5.75 Å². The molecule has 0 unspecified atom stereocenters. The Balaban J connectivity index is 2.07. The number of hydrogen-bond acceptors (Lipinski definition) is 3. The molecule has 106 valence electrons. The Kier molecular flexibility index (Phi) is 4.14. The lowest BCUT2D eigenvalue weighted by atomic mass is 10.1. The van der Waals surface area contributed by atoms with Crippen molar-refractivity contribution < 1.29 is 13.2 Å². The van der Waals surface area contributed by atoms with Gasteiger partial charge in [-0.25, -0.2) is 8.42 Å². The van der Waals surface area contributed by atoms with Crippen LogP contribution in [-0.4, -0.2) is 14.7 Å². The van der Waals surface area contributed by atoms with Gasteiger partial charge in [0.2, 0.25) is 0 Å². The van der Waals surface area contributed by atoms with Crippen LogP contribution in [0.1, 0.15) is 16.7 Å². The second-order valence-electron chi connectivity index (χ2n) is 5.03. The van der Waals surface area contributed by atoms with E-state index < -0.39 is 9.84 Å². The molecule has 0 bridgehead atoms. The zero-order valence-corrected chi connectivity index (χ0v) is 12.7. The molecule has 0 aliphatic carbocycles. The molecule has 0 atom stereocenters. The maximum Gasteiger partial charge on any atom is 0.175 e. The van der Waals surface area contributed by atoms with Crippen LogP contribution < -0.4 is 4.74 Å². The molecule has 0 aliphatic rings. The molecule has 2 aromatic carbocycles. The fraction of sp³-hybridized carbons (Fsp3) is 0.250. The lowest BCUT2D eigenvalue weighted by molar-refractivity contribution is 0.306. The number of benzene rings is 2. The van der Waals surface area contributed by atoms with Crippen molar-refractivity contribution in [3.63, 3.8) is 0 Å². The minimum absolute atomic E-state index is 0.302. The van der Waals surface area contributed by atoms with Gasteiger partial charge in [0.1, 0.15) is 12.4 Å². The zero-order valence-electron chi connectivity index (χ0n) is 11.9. The molecule has 2 rings (SSSR count). The van der Waals surface area contributed by atoms with Gasteiger partial charge in [0, 0.05) is 6.26 Å². The van der Waals surface area contributed by atoms with Crippen LogP contribution in [-0.2, 0) is 16.4 Å². The summed E-state index contributed by atoms with van der Waals surface area (Å²) < 4.78 is 28.4. The van der Waals surface area contributed by atoms with Gasteiger partial charge in [-0.05, 0) is 43.7 Å². The quantitative estimate of drug-likeness (QED) is 0.868. The van der Waals surface area contributed by atoms with E-state index >= 15 is 0 Å². The third-order valence-electron chi connectivity index (χ3n) is 2.94. The molecule has 0 aromatic heterocycles. The lowest BCUT2D eigenvalue weighted by Crippen LogP contribution is -1.99. The lowest BCUT2D eigenvalue weighted by Gasteiger charge is -2.08. The van der Waals surface area contributed by atoms with Gasteiger partial charge in [0.15, 0.2) is 9.84 Å². The molecule has 3 nitrogen and oxygen atoms in total. The average Bonchev–Trinajstić information content (AvgIpc) is 2.35. The molecule has 0 N–H and O–H groups in total. The summed E-state index contributed by atoms with van der Waals surface area (Å²) in [6.45, 7) is 4.58. The predicted molar refractivity (Wildman–Crippen MR) is 79.8 cm³/mol. The highest BCUT2D eigenvalue weighted by Crippen LogP contribution is 2.18. The molecule has 0 amide bonds. The fourth-order valence-corrected chi connectivity index (χ4v) is 2.73. The summed E-state index contributed by atoms with van der Waals surface area (Å²) in [6.07, 6.45) is 1.19. The first-order chi connectivity index (χ1) is 9.34. The monoisotopic (exact) mass is 290 g/mol. The average molecular weight is 290 g/mol. The minimum atomic E-state index is -3.15. The van der Waals surface area contributed by atoms with Gasteiger partial charge in [-0.3, -0.25) is 0 Å². The number of aryl methyl sites for hydroxylation is 2. The number of rotatable bonds is 4. The molecule has 0 fully saturated rings. The Morgan fingerprint density at radius 1 is 0.950 bits per heavy atom. The molecule has 2 aromatic rings. The highest BCUT2D eigenvalue weighted by atomic mass is 32.2. The van der Waals surface area contributed by atoms with Crippen LogP contribution in [0.3, 0.4) is 0 Å². The van der Waals surface area contributed by atoms with Gasteiger partial charge in [0.05, 0.1) is 4.90 Å². The summed E-state index contributed by atoms with van der Waals surface area (Å²) in [7, 11) is -3.15. The summed E-state index contributed by atoms with van der Waals surface area (Å²) in [4.78, 5) is 0.302. The van der Waals surface area contributed by atoms with Crippen LogP contribution in [0.25, 0.3) is 0 Å². The van der Waals surface area contributed by atoms with E-state index in [-0.39, 0.29) is 0 Å². The van der Waals surface area contributed by atoms with Crippen LogP contribution >= 0.6 is 0 Å². The van der Waals surface area contributed by atoms with E-state index in [1.54, 1.807) is 24.3 Å². The standard InChI is InChI=1S/C16H18O3S/c1-12-8-13(2)10-14(9-12)11-19-15-4-6-16(7-5-15)20(3,17)18/h4-10H,11H2,1-3H3. The van der Waals surface area contributed by atoms with Crippen LogP contribution in [0, 0.1) is 13.8 Å². The molecule has 0 saturated carbocycles. The fourth-order valence-electron chi connectivity index (χ4n) is 2.10. The Morgan fingerprint density at radius 3 is 2.00 bits per heavy atom. The largest absolute Gasteiger partial charge is 0.489 e. The van der Waals surface area contributed by atoms with Crippen molar-refractivity contribution in [1.29, 1.82) is 0 Å². The normalized spacial score (nSPS) is 11.3. The first-order valence-corrected chi connectivity index (χ1v) is 8.24. The van der Waals surface area contributed by atoms with Gasteiger partial charge >= 0.3 is 0 Å². The molecule has 0 heterocycles. The molecule has 4 heteroatoms. The topological polar surface area (TPSA) is 43.4 Å². The third kappa shape index (κ3) is 3.84. The Hall–Kier alpha value is -1.81. The van der Waals surface area contributed by atoms with Crippen molar-refractivity contribution >= 4 is 9.84 Å². The number of ether oxygens (including phenoxy) is 1. The Morgan fingerprint density at radius 2 is 1.50 bits per heavy atom. The van der Waals surface area contributed by atoms with E-state index in [2.05, 4.69) is 32.0 Å². The first-order valence-electron chi connectivity index (χ1n) is 6.35. The maximum atomic E-state index is 11.4. The molecular formula is C16H18O3S. The summed E-state index contributed by atoms with van der Waals surface area (Å²) in [5, 5.41) is 0. The summed E-state index contributed by atoms with van der Waals surface area (Å²) in [5.41, 5.74) is 3.52. The van der Waals surface area contributed by atoms with Gasteiger partial charge in [0.25, 0.3) is 0 Å². The van der Waals surface area contributed by atoms with Crippen LogP contribution in [0.2, 0.25) is 0 Å². The Labute approximate surface area is 120 Å². The van der Waals surface area contributed by atoms with Gasteiger partial charge in [-0.15, -0.1) is 0 Å². The second-order valence-corrected chi connectivity index (χ2v) is 7.04. The number of hydrogen-bond donors (Lipinski definition) is 0. The Bertz CT molecular complexity index is 681. The molecule has 0 aliphatic heterocycles. The van der Waals surface area contributed by atoms with Gasteiger partial charge in [-0.2, -0.15) is 0 Å². The van der Waals surface area contributed by atoms with Crippen molar-refractivity contribution in [2.45, 2.75) is 25.3 Å². The summed E-state index contributed by atoms with van der Waals surface area (Å²) in [6, 6.07) is 12.8. The van der Waals surface area contributed by atoms with E-state index in [0.29, 0.717) is 17.3 Å². The summed E-state index contributed by atoms with van der Waals surface area (Å²) in [5.74, 6) is 0.663. The predicted octanol–water partition coefficient (Wildman–Crippen LogP) is 3.29. The van der Waals surface area contributed by atoms with Crippen molar-refractivity contribution in [3.05, 3.63) is 59.2 Å². The van der Waals surface area contributed by atoms with E-state index in [9.17, 15) is 8.42 Å². The second kappa shape index (κ2) is 5.67. The molecule has 20 heavy (non-hydrogen) atoms. The summed E-state index contributed by atoms with van der Waals surface area (Å²) >= 11 is 0. The van der Waals surface area contributed by atoms with Crippen LogP contribution in [0.15, 0.2) is 47.4 Å². The van der Waals surface area contributed by atoms with Crippen molar-refractivity contribution in [2.24, 2.45) is 0 Å². The van der Waals surface area contributed by atoms with Crippen molar-refractivity contribution in [2.75, 3.05) is 6.26 Å². The van der Waals surface area contributed by atoms with Crippen molar-refractivity contribution in [1.82, 2.24) is 0 Å². The van der Waals surface area contributed by atoms with Crippen LogP contribution in [0.4, 0.5) is 0 Å². The molecule has 0 radical (unpaired) electrons. The highest BCUT2D eigenvalue weighted by Gasteiger charge is 2.06. The van der Waals surface area contributed by atoms with Crippen molar-refractivity contribution in [3.8, 4) is 5.75 Å². The van der Waals surface area contributed by atoms with E-state index in [4.69, 9.17) is 4.74 Å². The molecular weight excluding hydrogens is 272 g/mol. The maximum absolute atomic E-state index is 11.4. The first kappa shape index (κ1) is 14.6. The minimum Gasteiger partial charge on any atom is -0.489 e. The highest BCUT2D eigenvalue weighted by molar-refractivity contribution is 7.90. The number of sulfone groups is 1. The molecule has 0 spiro atoms. The van der Waals surface area contributed by atoms with E-state index in [0.717, 1.165) is 5.56 Å². The third-order valence-corrected chi connectivity index (χ3v) is 4.07.